The Morgan fingerprint density at radius 1 is 1.20 bits per heavy atom. The first-order valence-corrected chi connectivity index (χ1v) is 4.68. The molecule has 0 atom stereocenters. The van der Waals surface area contributed by atoms with Gasteiger partial charge in [0.1, 0.15) is 0 Å². The lowest BCUT2D eigenvalue weighted by atomic mass is 10.3. The van der Waals surface area contributed by atoms with Crippen molar-refractivity contribution in [3.63, 3.8) is 0 Å². The minimum atomic E-state index is 0.608. The van der Waals surface area contributed by atoms with Crippen LogP contribution in [0.3, 0.4) is 0 Å². The fourth-order valence-corrected chi connectivity index (χ4v) is 1.08. The van der Waals surface area contributed by atoms with Gasteiger partial charge >= 0.3 is 0 Å². The molecule has 0 aliphatic heterocycles. The van der Waals surface area contributed by atoms with Gasteiger partial charge in [-0.1, -0.05) is 0 Å². The number of aliphatic imine (C=N–C) groups is 1. The summed E-state index contributed by atoms with van der Waals surface area (Å²) in [5.41, 5.74) is 0.765. The van der Waals surface area contributed by atoms with Crippen LogP contribution in [0, 0.1) is 0 Å². The van der Waals surface area contributed by atoms with Crippen molar-refractivity contribution in [1.82, 2.24) is 0 Å². The summed E-state index contributed by atoms with van der Waals surface area (Å²) in [4.78, 5) is 4.10. The van der Waals surface area contributed by atoms with E-state index in [9.17, 15) is 0 Å². The number of hydrogen-bond acceptors (Lipinski definition) is 4. The second-order valence-corrected chi connectivity index (χ2v) is 2.73. The van der Waals surface area contributed by atoms with Crippen molar-refractivity contribution in [1.29, 1.82) is 0 Å². The molecule has 0 aromatic heterocycles. The number of nitrogens with zero attached hydrogens (tertiary/aromatic N) is 1. The van der Waals surface area contributed by atoms with Crippen LogP contribution in [0.5, 0.6) is 11.5 Å². The topological polar surface area (TPSA) is 40.0 Å². The van der Waals surface area contributed by atoms with Crippen molar-refractivity contribution in [3.8, 4) is 11.5 Å². The molecular weight excluding hydrogens is 194 g/mol. The first-order valence-electron chi connectivity index (χ1n) is 4.68. The van der Waals surface area contributed by atoms with E-state index in [1.54, 1.807) is 26.4 Å². The van der Waals surface area contributed by atoms with Crippen LogP contribution in [0.4, 0.5) is 5.69 Å². The highest BCUT2D eigenvalue weighted by atomic mass is 16.5. The maximum Gasteiger partial charge on any atom is 0.174 e. The molecule has 1 aromatic carbocycles. The summed E-state index contributed by atoms with van der Waals surface area (Å²) >= 11 is 0. The normalized spacial score (nSPS) is 10.3. The Labute approximate surface area is 89.5 Å². The summed E-state index contributed by atoms with van der Waals surface area (Å²) in [6, 6.07) is 5.42. The summed E-state index contributed by atoms with van der Waals surface area (Å²) in [5.74, 6) is 1.34. The monoisotopic (exact) mass is 209 g/mol. The lowest BCUT2D eigenvalue weighted by Crippen LogP contribution is -1.89. The highest BCUT2D eigenvalue weighted by molar-refractivity contribution is 5.59. The zero-order chi connectivity index (χ0) is 11.1. The molecule has 0 spiro atoms. The number of ether oxygens (including phenoxy) is 3. The molecule has 0 aliphatic carbocycles. The van der Waals surface area contributed by atoms with Gasteiger partial charge in [0.05, 0.1) is 26.5 Å². The minimum Gasteiger partial charge on any atom is -0.493 e. The minimum absolute atomic E-state index is 0.608. The molecule has 0 radical (unpaired) electrons. The van der Waals surface area contributed by atoms with Crippen LogP contribution in [0.15, 0.2) is 23.2 Å². The molecule has 0 heterocycles. The van der Waals surface area contributed by atoms with Gasteiger partial charge < -0.3 is 14.2 Å². The maximum absolute atomic E-state index is 5.14. The van der Waals surface area contributed by atoms with Gasteiger partial charge in [-0.2, -0.15) is 0 Å². The van der Waals surface area contributed by atoms with Crippen molar-refractivity contribution in [2.75, 3.05) is 20.8 Å². The van der Waals surface area contributed by atoms with Crippen LogP contribution in [0.2, 0.25) is 0 Å². The third-order valence-corrected chi connectivity index (χ3v) is 1.81. The van der Waals surface area contributed by atoms with Gasteiger partial charge in [0, 0.05) is 6.07 Å². The van der Waals surface area contributed by atoms with E-state index >= 15 is 0 Å². The molecule has 0 saturated carbocycles. The summed E-state index contributed by atoms with van der Waals surface area (Å²) in [5, 5.41) is 0. The highest BCUT2D eigenvalue weighted by Crippen LogP contribution is 2.30. The van der Waals surface area contributed by atoms with E-state index in [0.717, 1.165) is 5.69 Å². The van der Waals surface area contributed by atoms with Crippen LogP contribution in [0.25, 0.3) is 0 Å². The van der Waals surface area contributed by atoms with E-state index in [1.165, 1.54) is 6.40 Å². The van der Waals surface area contributed by atoms with E-state index in [1.807, 2.05) is 13.0 Å². The van der Waals surface area contributed by atoms with E-state index in [4.69, 9.17) is 14.2 Å². The van der Waals surface area contributed by atoms with Crippen molar-refractivity contribution < 1.29 is 14.2 Å². The molecule has 0 N–H and O–H groups in total. The maximum atomic E-state index is 5.14. The van der Waals surface area contributed by atoms with Crippen LogP contribution < -0.4 is 9.47 Å². The third kappa shape index (κ3) is 3.16. The standard InChI is InChI=1S/C11H15NO3/c1-4-15-8-12-9-5-6-10(13-2)11(7-9)14-3/h5-8H,4H2,1-3H3. The van der Waals surface area contributed by atoms with Crippen molar-refractivity contribution in [3.05, 3.63) is 18.2 Å². The lowest BCUT2D eigenvalue weighted by molar-refractivity contribution is 0.343. The van der Waals surface area contributed by atoms with Gasteiger partial charge in [0.15, 0.2) is 17.9 Å². The van der Waals surface area contributed by atoms with Gasteiger partial charge in [0.2, 0.25) is 0 Å². The average Bonchev–Trinajstić information content (AvgIpc) is 2.29. The van der Waals surface area contributed by atoms with Crippen molar-refractivity contribution >= 4 is 12.1 Å². The molecule has 15 heavy (non-hydrogen) atoms. The Morgan fingerprint density at radius 3 is 2.53 bits per heavy atom. The fourth-order valence-electron chi connectivity index (χ4n) is 1.08. The molecule has 82 valence electrons. The molecule has 0 unspecified atom stereocenters. The average molecular weight is 209 g/mol. The van der Waals surface area contributed by atoms with E-state index in [0.29, 0.717) is 18.1 Å². The molecule has 0 fully saturated rings. The Bertz CT molecular complexity index is 337. The predicted molar refractivity (Wildman–Crippen MR) is 59.3 cm³/mol. The molecule has 1 aromatic rings. The zero-order valence-corrected chi connectivity index (χ0v) is 9.19. The highest BCUT2D eigenvalue weighted by Gasteiger charge is 2.02. The first-order chi connectivity index (χ1) is 7.31. The largest absolute Gasteiger partial charge is 0.493 e. The molecule has 0 aliphatic rings. The Kier molecular flexibility index (Phi) is 4.47. The number of hydrogen-bond donors (Lipinski definition) is 0. The SMILES string of the molecule is CCOC=Nc1ccc(OC)c(OC)c1. The van der Waals surface area contributed by atoms with Gasteiger partial charge in [0.25, 0.3) is 0 Å². The van der Waals surface area contributed by atoms with Crippen molar-refractivity contribution in [2.45, 2.75) is 6.92 Å². The van der Waals surface area contributed by atoms with Crippen LogP contribution in [-0.2, 0) is 4.74 Å². The molecule has 4 heteroatoms. The molecule has 0 saturated heterocycles. The predicted octanol–water partition coefficient (Wildman–Crippen LogP) is 2.40. The van der Waals surface area contributed by atoms with Crippen LogP contribution in [0.1, 0.15) is 6.92 Å². The number of methoxy groups -OCH3 is 2. The van der Waals surface area contributed by atoms with E-state index < -0.39 is 0 Å². The van der Waals surface area contributed by atoms with E-state index in [-0.39, 0.29) is 0 Å². The van der Waals surface area contributed by atoms with E-state index in [2.05, 4.69) is 4.99 Å². The summed E-state index contributed by atoms with van der Waals surface area (Å²) in [6.07, 6.45) is 1.42. The van der Waals surface area contributed by atoms with Gasteiger partial charge in [-0.05, 0) is 19.1 Å². The Balaban J connectivity index is 2.83. The molecule has 4 nitrogen and oxygen atoms in total. The third-order valence-electron chi connectivity index (χ3n) is 1.81. The second-order valence-electron chi connectivity index (χ2n) is 2.73. The van der Waals surface area contributed by atoms with Gasteiger partial charge in [-0.15, -0.1) is 0 Å². The molecular formula is C11H15NO3. The quantitative estimate of drug-likeness (QED) is 0.552. The second kappa shape index (κ2) is 5.90. The summed E-state index contributed by atoms with van der Waals surface area (Å²) < 4.78 is 15.3. The van der Waals surface area contributed by atoms with Crippen LogP contribution in [-0.4, -0.2) is 27.2 Å². The fraction of sp³-hybridized carbons (Fsp3) is 0.364. The Morgan fingerprint density at radius 2 is 1.93 bits per heavy atom. The van der Waals surface area contributed by atoms with Gasteiger partial charge in [-0.25, -0.2) is 4.99 Å². The molecule has 1 rings (SSSR count). The van der Waals surface area contributed by atoms with Gasteiger partial charge in [-0.3, -0.25) is 0 Å². The number of rotatable bonds is 5. The summed E-state index contributed by atoms with van der Waals surface area (Å²) in [6.45, 7) is 2.51. The number of benzene rings is 1. The Hall–Kier alpha value is -1.71. The first kappa shape index (κ1) is 11.4. The molecule has 0 bridgehead atoms. The zero-order valence-electron chi connectivity index (χ0n) is 9.19. The smallest absolute Gasteiger partial charge is 0.174 e. The summed E-state index contributed by atoms with van der Waals surface area (Å²) in [7, 11) is 3.19. The van der Waals surface area contributed by atoms with Crippen LogP contribution >= 0.6 is 0 Å². The lowest BCUT2D eigenvalue weighted by Gasteiger charge is -2.07. The van der Waals surface area contributed by atoms with Crippen molar-refractivity contribution in [2.24, 2.45) is 4.99 Å². The molecule has 0 amide bonds.